The summed E-state index contributed by atoms with van der Waals surface area (Å²) in [5.41, 5.74) is 3.57. The minimum Gasteiger partial charge on any atom is -0.378 e. The molecule has 0 bridgehead atoms. The lowest BCUT2D eigenvalue weighted by Crippen LogP contribution is -2.41. The Labute approximate surface area is 227 Å². The van der Waals surface area contributed by atoms with Gasteiger partial charge in [0.1, 0.15) is 0 Å². The second-order valence-electron chi connectivity index (χ2n) is 10.9. The lowest BCUT2D eigenvalue weighted by Gasteiger charge is -2.34. The minimum absolute atomic E-state index is 0.0199. The maximum absolute atomic E-state index is 14.4. The number of piperidine rings is 1. The number of anilines is 2. The Balaban J connectivity index is 1.42. The zero-order valence-corrected chi connectivity index (χ0v) is 22.4. The number of aryl methyl sites for hydroxylation is 1. The van der Waals surface area contributed by atoms with Gasteiger partial charge in [-0.1, -0.05) is 0 Å². The van der Waals surface area contributed by atoms with Crippen LogP contribution in [0, 0.1) is 0 Å². The standard InChI is InChI=1S/C28H36F2N6O3/c1-18(37)34-10-6-24-23(17-34)27(32-36(24)20-4-7-31-8-5-20)35-9-2-3-19-15-22(21(26(29)30)16-25(19)35)28(38)33-11-13-39-14-12-33/h15-16,20,26,31H,2-14,17H2,1H3. The molecule has 6 rings (SSSR count). The molecule has 4 aliphatic heterocycles. The largest absolute Gasteiger partial charge is 0.378 e. The predicted molar refractivity (Wildman–Crippen MR) is 142 cm³/mol. The van der Waals surface area contributed by atoms with Gasteiger partial charge in [-0.15, -0.1) is 0 Å². The van der Waals surface area contributed by atoms with Gasteiger partial charge >= 0.3 is 0 Å². The average molecular weight is 543 g/mol. The molecule has 2 aromatic rings. The van der Waals surface area contributed by atoms with Crippen LogP contribution in [0.3, 0.4) is 0 Å². The molecule has 0 radical (unpaired) electrons. The molecule has 2 fully saturated rings. The smallest absolute Gasteiger partial charge is 0.264 e. The molecule has 0 spiro atoms. The Morgan fingerprint density at radius 2 is 1.82 bits per heavy atom. The fourth-order valence-corrected chi connectivity index (χ4v) is 6.44. The maximum Gasteiger partial charge on any atom is 0.264 e. The first kappa shape index (κ1) is 26.2. The Kier molecular flexibility index (Phi) is 7.28. The summed E-state index contributed by atoms with van der Waals surface area (Å²) in [6.07, 6.45) is 1.41. The van der Waals surface area contributed by atoms with Gasteiger partial charge in [-0.05, 0) is 56.5 Å². The number of hydrogen-bond donors (Lipinski definition) is 1. The molecule has 210 valence electrons. The Morgan fingerprint density at radius 1 is 1.05 bits per heavy atom. The number of morpholine rings is 1. The molecule has 11 heteroatoms. The van der Waals surface area contributed by atoms with Crippen LogP contribution in [-0.2, 0) is 28.9 Å². The fraction of sp³-hybridized carbons (Fsp3) is 0.607. The van der Waals surface area contributed by atoms with E-state index in [2.05, 4.69) is 10.00 Å². The van der Waals surface area contributed by atoms with Crippen LogP contribution in [0.15, 0.2) is 12.1 Å². The molecular weight excluding hydrogens is 506 g/mol. The van der Waals surface area contributed by atoms with Crippen molar-refractivity contribution in [2.24, 2.45) is 0 Å². The van der Waals surface area contributed by atoms with Crippen LogP contribution < -0.4 is 10.2 Å². The highest BCUT2D eigenvalue weighted by atomic mass is 19.3. The quantitative estimate of drug-likeness (QED) is 0.639. The number of amides is 2. The molecule has 5 heterocycles. The highest BCUT2D eigenvalue weighted by Gasteiger charge is 2.35. The van der Waals surface area contributed by atoms with Gasteiger partial charge in [0.15, 0.2) is 5.82 Å². The molecule has 9 nitrogen and oxygen atoms in total. The molecule has 1 N–H and O–H groups in total. The van der Waals surface area contributed by atoms with Crippen molar-refractivity contribution < 1.29 is 23.1 Å². The van der Waals surface area contributed by atoms with Crippen molar-refractivity contribution in [3.05, 3.63) is 40.1 Å². The van der Waals surface area contributed by atoms with Gasteiger partial charge in [0.05, 0.1) is 25.8 Å². The third-order valence-corrected chi connectivity index (χ3v) is 8.55. The number of benzene rings is 1. The third-order valence-electron chi connectivity index (χ3n) is 8.55. The number of nitrogens with zero attached hydrogens (tertiary/aromatic N) is 5. The number of hydrogen-bond acceptors (Lipinski definition) is 6. The number of carbonyl (C=O) groups excluding carboxylic acids is 2. The predicted octanol–water partition coefficient (Wildman–Crippen LogP) is 3.21. The van der Waals surface area contributed by atoms with Crippen LogP contribution in [-0.4, -0.2) is 83.9 Å². The summed E-state index contributed by atoms with van der Waals surface area (Å²) in [5.74, 6) is 0.410. The van der Waals surface area contributed by atoms with E-state index >= 15 is 0 Å². The van der Waals surface area contributed by atoms with Crippen molar-refractivity contribution in [2.75, 3.05) is 57.4 Å². The third kappa shape index (κ3) is 4.91. The second kappa shape index (κ2) is 10.8. The van der Waals surface area contributed by atoms with Gasteiger partial charge in [-0.2, -0.15) is 5.10 Å². The summed E-state index contributed by atoms with van der Waals surface area (Å²) >= 11 is 0. The Bertz CT molecular complexity index is 1250. The molecule has 2 saturated heterocycles. The Morgan fingerprint density at radius 3 is 2.54 bits per heavy atom. The topological polar surface area (TPSA) is 82.9 Å². The number of fused-ring (bicyclic) bond motifs is 2. The molecular formula is C28H36F2N6O3. The summed E-state index contributed by atoms with van der Waals surface area (Å²) in [7, 11) is 0. The van der Waals surface area contributed by atoms with Gasteiger partial charge in [-0.25, -0.2) is 8.78 Å². The van der Waals surface area contributed by atoms with Crippen LogP contribution in [0.5, 0.6) is 0 Å². The zero-order valence-electron chi connectivity index (χ0n) is 22.4. The SMILES string of the molecule is CC(=O)N1CCc2c(c(N3CCCc4cc(C(=O)N5CCOCC5)c(C(F)F)cc43)nn2C2CCNCC2)C1. The van der Waals surface area contributed by atoms with Crippen LogP contribution in [0.4, 0.5) is 20.3 Å². The number of alkyl halides is 2. The summed E-state index contributed by atoms with van der Waals surface area (Å²) < 4.78 is 36.4. The summed E-state index contributed by atoms with van der Waals surface area (Å²) in [6.45, 7) is 6.82. The molecule has 1 aromatic carbocycles. The number of ether oxygens (including phenoxy) is 1. The van der Waals surface area contributed by atoms with Crippen molar-refractivity contribution in [3.8, 4) is 0 Å². The van der Waals surface area contributed by atoms with Gasteiger partial charge in [0.2, 0.25) is 5.91 Å². The van der Waals surface area contributed by atoms with Crippen molar-refractivity contribution in [2.45, 2.75) is 58.0 Å². The van der Waals surface area contributed by atoms with Gasteiger partial charge < -0.3 is 24.8 Å². The summed E-state index contributed by atoms with van der Waals surface area (Å²) in [5, 5.41) is 8.55. The molecule has 39 heavy (non-hydrogen) atoms. The fourth-order valence-electron chi connectivity index (χ4n) is 6.44. The van der Waals surface area contributed by atoms with Crippen LogP contribution >= 0.6 is 0 Å². The van der Waals surface area contributed by atoms with E-state index in [0.29, 0.717) is 58.0 Å². The number of rotatable bonds is 4. The lowest BCUT2D eigenvalue weighted by molar-refractivity contribution is -0.129. The van der Waals surface area contributed by atoms with Crippen LogP contribution in [0.25, 0.3) is 0 Å². The highest BCUT2D eigenvalue weighted by Crippen LogP contribution is 2.41. The molecule has 4 aliphatic rings. The second-order valence-corrected chi connectivity index (χ2v) is 10.9. The van der Waals surface area contributed by atoms with E-state index in [1.807, 2.05) is 9.80 Å². The van der Waals surface area contributed by atoms with Crippen molar-refractivity contribution in [1.82, 2.24) is 24.9 Å². The Hall–Kier alpha value is -3.05. The van der Waals surface area contributed by atoms with Gasteiger partial charge in [0.25, 0.3) is 12.3 Å². The minimum atomic E-state index is -2.78. The molecule has 2 amide bonds. The number of halogens is 2. The van der Waals surface area contributed by atoms with Crippen molar-refractivity contribution in [3.63, 3.8) is 0 Å². The lowest BCUT2D eigenvalue weighted by atomic mass is 9.94. The first-order valence-electron chi connectivity index (χ1n) is 14.1. The number of carbonyl (C=O) groups is 2. The summed E-state index contributed by atoms with van der Waals surface area (Å²) in [4.78, 5) is 31.1. The van der Waals surface area contributed by atoms with E-state index in [4.69, 9.17) is 9.84 Å². The molecule has 0 saturated carbocycles. The van der Waals surface area contributed by atoms with E-state index in [1.54, 1.807) is 17.9 Å². The van der Waals surface area contributed by atoms with E-state index in [-0.39, 0.29) is 29.0 Å². The van der Waals surface area contributed by atoms with E-state index < -0.39 is 6.43 Å². The van der Waals surface area contributed by atoms with Gasteiger partial charge in [-0.3, -0.25) is 14.3 Å². The zero-order chi connectivity index (χ0) is 27.1. The molecule has 0 atom stereocenters. The number of nitrogens with one attached hydrogen (secondary N) is 1. The van der Waals surface area contributed by atoms with Crippen LogP contribution in [0.1, 0.15) is 71.4 Å². The van der Waals surface area contributed by atoms with Gasteiger partial charge in [0, 0.05) is 67.6 Å². The number of aromatic nitrogens is 2. The molecule has 0 unspecified atom stereocenters. The molecule has 1 aromatic heterocycles. The first-order chi connectivity index (χ1) is 18.9. The monoisotopic (exact) mass is 542 g/mol. The van der Waals surface area contributed by atoms with E-state index in [0.717, 1.165) is 61.4 Å². The average Bonchev–Trinajstić information content (AvgIpc) is 3.35. The van der Waals surface area contributed by atoms with E-state index in [1.165, 1.54) is 6.07 Å². The van der Waals surface area contributed by atoms with Crippen LogP contribution in [0.2, 0.25) is 0 Å². The van der Waals surface area contributed by atoms with Crippen molar-refractivity contribution >= 4 is 23.3 Å². The molecule has 0 aliphatic carbocycles. The van der Waals surface area contributed by atoms with E-state index in [9.17, 15) is 18.4 Å². The first-order valence-corrected chi connectivity index (χ1v) is 14.1. The van der Waals surface area contributed by atoms with Crippen molar-refractivity contribution in [1.29, 1.82) is 0 Å². The maximum atomic E-state index is 14.4. The highest BCUT2D eigenvalue weighted by molar-refractivity contribution is 5.97. The summed E-state index contributed by atoms with van der Waals surface area (Å²) in [6, 6.07) is 3.46. The normalized spacial score (nSPS) is 20.3.